The Morgan fingerprint density at radius 2 is 2.05 bits per heavy atom. The second kappa shape index (κ2) is 4.66. The van der Waals surface area contributed by atoms with Crippen molar-refractivity contribution in [2.45, 2.75) is 5.92 Å². The highest BCUT2D eigenvalue weighted by molar-refractivity contribution is 5.75. The molecule has 19 heavy (non-hydrogen) atoms. The molecule has 0 saturated carbocycles. The second-order valence-corrected chi connectivity index (χ2v) is 4.30. The molecule has 6 heteroatoms. The fourth-order valence-corrected chi connectivity index (χ4v) is 2.19. The topological polar surface area (TPSA) is 100 Å². The summed E-state index contributed by atoms with van der Waals surface area (Å²) in [6.45, 7) is 0.429. The third-order valence-electron chi connectivity index (χ3n) is 3.12. The van der Waals surface area contributed by atoms with E-state index < -0.39 is 0 Å². The van der Waals surface area contributed by atoms with Crippen molar-refractivity contribution in [3.63, 3.8) is 0 Å². The van der Waals surface area contributed by atoms with Crippen LogP contribution in [0.1, 0.15) is 17.2 Å². The summed E-state index contributed by atoms with van der Waals surface area (Å²) in [4.78, 5) is 25.1. The van der Waals surface area contributed by atoms with Crippen LogP contribution >= 0.6 is 0 Å². The zero-order valence-corrected chi connectivity index (χ0v) is 10.1. The summed E-state index contributed by atoms with van der Waals surface area (Å²) in [5.41, 5.74) is 9.00. The summed E-state index contributed by atoms with van der Waals surface area (Å²) < 4.78 is 0. The molecule has 6 nitrogen and oxygen atoms in total. The first-order valence-electron chi connectivity index (χ1n) is 5.96. The third kappa shape index (κ3) is 2.13. The smallest absolute Gasteiger partial charge is 0.323 e. The van der Waals surface area contributed by atoms with E-state index in [1.807, 2.05) is 18.2 Å². The van der Waals surface area contributed by atoms with E-state index in [0.29, 0.717) is 6.54 Å². The van der Waals surface area contributed by atoms with Crippen LogP contribution < -0.4 is 11.4 Å². The molecule has 1 atom stereocenters. The van der Waals surface area contributed by atoms with Crippen LogP contribution in [-0.4, -0.2) is 26.5 Å². The lowest BCUT2D eigenvalue weighted by molar-refractivity contribution is 0.780. The first-order valence-corrected chi connectivity index (χ1v) is 5.96. The third-order valence-corrected chi connectivity index (χ3v) is 3.12. The van der Waals surface area contributed by atoms with E-state index in [2.05, 4.69) is 19.9 Å². The van der Waals surface area contributed by atoms with Crippen LogP contribution in [0.25, 0.3) is 11.0 Å². The van der Waals surface area contributed by atoms with Gasteiger partial charge >= 0.3 is 5.69 Å². The van der Waals surface area contributed by atoms with Gasteiger partial charge in [0, 0.05) is 31.1 Å². The molecule has 2 heterocycles. The van der Waals surface area contributed by atoms with Crippen LogP contribution in [0, 0.1) is 0 Å². The van der Waals surface area contributed by atoms with Crippen molar-refractivity contribution in [2.24, 2.45) is 5.73 Å². The molecule has 0 aliphatic carbocycles. The predicted molar refractivity (Wildman–Crippen MR) is 71.8 cm³/mol. The zero-order chi connectivity index (χ0) is 13.2. The van der Waals surface area contributed by atoms with Gasteiger partial charge in [0.2, 0.25) is 0 Å². The zero-order valence-electron chi connectivity index (χ0n) is 10.1. The van der Waals surface area contributed by atoms with E-state index in [1.165, 1.54) is 0 Å². The molecule has 0 aliphatic heterocycles. The van der Waals surface area contributed by atoms with Crippen LogP contribution in [0.3, 0.4) is 0 Å². The highest BCUT2D eigenvalue weighted by Crippen LogP contribution is 2.23. The summed E-state index contributed by atoms with van der Waals surface area (Å²) >= 11 is 0. The standard InChI is InChI=1S/C13H13N5O/c14-6-9(12-7-15-3-4-16-12)8-1-2-10-11(5-8)18-13(19)17-10/h1-5,7,9H,6,14H2,(H2,17,18,19). The SMILES string of the molecule is NCC(c1ccc2[nH]c(=O)[nH]c2c1)c1cnccn1. The number of aromatic amines is 2. The highest BCUT2D eigenvalue weighted by Gasteiger charge is 2.14. The average molecular weight is 255 g/mol. The van der Waals surface area contributed by atoms with Crippen LogP contribution in [0.15, 0.2) is 41.6 Å². The fourth-order valence-electron chi connectivity index (χ4n) is 2.19. The molecule has 0 spiro atoms. The van der Waals surface area contributed by atoms with Gasteiger partial charge in [0.1, 0.15) is 0 Å². The second-order valence-electron chi connectivity index (χ2n) is 4.30. The molecule has 0 amide bonds. The number of nitrogens with one attached hydrogen (secondary N) is 2. The van der Waals surface area contributed by atoms with Crippen molar-refractivity contribution < 1.29 is 0 Å². The lowest BCUT2D eigenvalue weighted by Crippen LogP contribution is -2.15. The van der Waals surface area contributed by atoms with Gasteiger partial charge in [0.25, 0.3) is 0 Å². The highest BCUT2D eigenvalue weighted by atomic mass is 16.1. The van der Waals surface area contributed by atoms with Crippen molar-refractivity contribution in [3.05, 3.63) is 58.5 Å². The molecule has 0 saturated heterocycles. The maximum Gasteiger partial charge on any atom is 0.323 e. The molecule has 0 aliphatic rings. The molecular formula is C13H13N5O. The summed E-state index contributed by atoms with van der Waals surface area (Å²) in [7, 11) is 0. The molecule has 0 fully saturated rings. The van der Waals surface area contributed by atoms with Crippen LogP contribution in [0.5, 0.6) is 0 Å². The van der Waals surface area contributed by atoms with Crippen molar-refractivity contribution in [3.8, 4) is 0 Å². The summed E-state index contributed by atoms with van der Waals surface area (Å²) in [5.74, 6) is -0.0310. The maximum atomic E-state index is 11.3. The lowest BCUT2D eigenvalue weighted by Gasteiger charge is -2.14. The van der Waals surface area contributed by atoms with Gasteiger partial charge in [-0.1, -0.05) is 6.07 Å². The summed E-state index contributed by atoms with van der Waals surface area (Å²) in [6, 6.07) is 5.72. The van der Waals surface area contributed by atoms with E-state index in [4.69, 9.17) is 5.73 Å². The minimum absolute atomic E-state index is 0.0310. The van der Waals surface area contributed by atoms with Gasteiger partial charge in [0.15, 0.2) is 0 Å². The molecule has 0 radical (unpaired) electrons. The number of rotatable bonds is 3. The minimum Gasteiger partial charge on any atom is -0.329 e. The Labute approximate surface area is 108 Å². The van der Waals surface area contributed by atoms with Crippen LogP contribution in [0.2, 0.25) is 0 Å². The van der Waals surface area contributed by atoms with Crippen molar-refractivity contribution in [1.82, 2.24) is 19.9 Å². The van der Waals surface area contributed by atoms with Gasteiger partial charge in [-0.05, 0) is 17.7 Å². The van der Waals surface area contributed by atoms with Gasteiger partial charge in [-0.25, -0.2) is 4.79 Å². The number of aromatic nitrogens is 4. The lowest BCUT2D eigenvalue weighted by atomic mass is 9.96. The van der Waals surface area contributed by atoms with Gasteiger partial charge in [-0.3, -0.25) is 9.97 Å². The number of hydrogen-bond donors (Lipinski definition) is 3. The Hall–Kier alpha value is -2.47. The van der Waals surface area contributed by atoms with E-state index >= 15 is 0 Å². The average Bonchev–Trinajstić information content (AvgIpc) is 2.80. The molecule has 1 unspecified atom stereocenters. The van der Waals surface area contributed by atoms with E-state index in [1.54, 1.807) is 18.6 Å². The number of imidazole rings is 1. The van der Waals surface area contributed by atoms with Crippen molar-refractivity contribution in [1.29, 1.82) is 0 Å². The summed E-state index contributed by atoms with van der Waals surface area (Å²) in [5, 5.41) is 0. The monoisotopic (exact) mass is 255 g/mol. The molecule has 1 aromatic carbocycles. The summed E-state index contributed by atoms with van der Waals surface area (Å²) in [6.07, 6.45) is 4.99. The van der Waals surface area contributed by atoms with Gasteiger partial charge < -0.3 is 15.7 Å². The van der Waals surface area contributed by atoms with Crippen molar-refractivity contribution >= 4 is 11.0 Å². The first kappa shape index (κ1) is 11.6. The number of H-pyrrole nitrogens is 2. The largest absolute Gasteiger partial charge is 0.329 e. The quantitative estimate of drug-likeness (QED) is 0.642. The predicted octanol–water partition coefficient (Wildman–Crippen LogP) is 0.737. The molecule has 3 rings (SSSR count). The number of benzene rings is 1. The van der Waals surface area contributed by atoms with Crippen molar-refractivity contribution in [2.75, 3.05) is 6.54 Å². The van der Waals surface area contributed by atoms with Gasteiger partial charge in [0.05, 0.1) is 16.7 Å². The maximum absolute atomic E-state index is 11.3. The first-order chi connectivity index (χ1) is 9.28. The Morgan fingerprint density at radius 1 is 1.21 bits per heavy atom. The number of nitrogens with two attached hydrogens (primary N) is 1. The number of fused-ring (bicyclic) bond motifs is 1. The number of hydrogen-bond acceptors (Lipinski definition) is 4. The Bertz CT molecular complexity index is 746. The van der Waals surface area contributed by atoms with Gasteiger partial charge in [-0.2, -0.15) is 0 Å². The number of nitrogens with zero attached hydrogens (tertiary/aromatic N) is 2. The van der Waals surface area contributed by atoms with E-state index in [9.17, 15) is 4.79 Å². The molecule has 3 aromatic rings. The Kier molecular flexibility index (Phi) is 2.85. The van der Waals surface area contributed by atoms with E-state index in [-0.39, 0.29) is 11.6 Å². The molecule has 96 valence electrons. The molecule has 0 bridgehead atoms. The minimum atomic E-state index is -0.212. The molecule has 2 aromatic heterocycles. The Morgan fingerprint density at radius 3 is 2.79 bits per heavy atom. The molecular weight excluding hydrogens is 242 g/mol. The van der Waals surface area contributed by atoms with Crippen LogP contribution in [-0.2, 0) is 0 Å². The normalized spacial score (nSPS) is 12.7. The van der Waals surface area contributed by atoms with Gasteiger partial charge in [-0.15, -0.1) is 0 Å². The Balaban J connectivity index is 2.08. The fraction of sp³-hybridized carbons (Fsp3) is 0.154. The molecule has 4 N–H and O–H groups in total. The van der Waals surface area contributed by atoms with Crippen LogP contribution in [0.4, 0.5) is 0 Å². The van der Waals surface area contributed by atoms with E-state index in [0.717, 1.165) is 22.3 Å².